The van der Waals surface area contributed by atoms with Crippen LogP contribution in [0.4, 0.5) is 4.79 Å². The summed E-state index contributed by atoms with van der Waals surface area (Å²) in [5, 5.41) is 0. The molecule has 1 aliphatic rings. The van der Waals surface area contributed by atoms with Crippen molar-refractivity contribution in [3.05, 3.63) is 65.7 Å². The number of carbonyl (C=O) groups is 1. The van der Waals surface area contributed by atoms with E-state index in [2.05, 4.69) is 29.2 Å². The topological polar surface area (TPSA) is 42.0 Å². The summed E-state index contributed by atoms with van der Waals surface area (Å²) in [6.45, 7) is 10.3. The number of hydrogen-bond acceptors (Lipinski definition) is 4. The second-order valence-corrected chi connectivity index (χ2v) is 8.16. The molecule has 0 aliphatic carbocycles. The van der Waals surface area contributed by atoms with Crippen LogP contribution in [0.15, 0.2) is 54.6 Å². The second-order valence-electron chi connectivity index (χ2n) is 8.16. The van der Waals surface area contributed by atoms with Gasteiger partial charge in [-0.3, -0.25) is 4.90 Å². The first-order valence-corrected chi connectivity index (χ1v) is 9.85. The molecule has 0 radical (unpaired) electrons. The summed E-state index contributed by atoms with van der Waals surface area (Å²) >= 11 is 0. The van der Waals surface area contributed by atoms with E-state index in [4.69, 9.17) is 9.47 Å². The molecule has 2 aromatic carbocycles. The van der Waals surface area contributed by atoms with Crippen molar-refractivity contribution < 1.29 is 14.3 Å². The van der Waals surface area contributed by atoms with Crippen LogP contribution in [0.1, 0.15) is 31.9 Å². The molecule has 1 saturated heterocycles. The molecule has 3 rings (SSSR count). The summed E-state index contributed by atoms with van der Waals surface area (Å²) in [5.41, 5.74) is 1.96. The van der Waals surface area contributed by atoms with E-state index in [1.807, 2.05) is 51.1 Å². The lowest BCUT2D eigenvalue weighted by Gasteiger charge is -2.35. The van der Waals surface area contributed by atoms with E-state index < -0.39 is 5.60 Å². The number of amides is 1. The van der Waals surface area contributed by atoms with E-state index in [1.165, 1.54) is 5.56 Å². The minimum atomic E-state index is -0.446. The Morgan fingerprint density at radius 1 is 0.893 bits per heavy atom. The lowest BCUT2D eigenvalue weighted by molar-refractivity contribution is 0.0139. The van der Waals surface area contributed by atoms with E-state index in [0.717, 1.165) is 30.9 Å². The molecule has 2 aromatic rings. The Morgan fingerprint density at radius 2 is 1.54 bits per heavy atom. The zero-order valence-corrected chi connectivity index (χ0v) is 17.1. The third-order valence-corrected chi connectivity index (χ3v) is 4.60. The molecule has 0 N–H and O–H groups in total. The smallest absolute Gasteiger partial charge is 0.410 e. The summed E-state index contributed by atoms with van der Waals surface area (Å²) in [6, 6.07) is 18.4. The van der Waals surface area contributed by atoms with Crippen molar-refractivity contribution in [1.29, 1.82) is 0 Å². The van der Waals surface area contributed by atoms with Crippen LogP contribution in [0.25, 0.3) is 0 Å². The molecule has 28 heavy (non-hydrogen) atoms. The van der Waals surface area contributed by atoms with Gasteiger partial charge in [0, 0.05) is 32.7 Å². The first-order valence-electron chi connectivity index (χ1n) is 9.85. The zero-order valence-electron chi connectivity index (χ0n) is 17.1. The summed E-state index contributed by atoms with van der Waals surface area (Å²) in [7, 11) is 0. The average molecular weight is 383 g/mol. The van der Waals surface area contributed by atoms with Gasteiger partial charge in [0.1, 0.15) is 18.0 Å². The van der Waals surface area contributed by atoms with Gasteiger partial charge in [-0.15, -0.1) is 0 Å². The van der Waals surface area contributed by atoms with Gasteiger partial charge in [-0.05, 0) is 44.0 Å². The number of benzene rings is 2. The quantitative estimate of drug-likeness (QED) is 0.772. The molecule has 0 unspecified atom stereocenters. The maximum Gasteiger partial charge on any atom is 0.410 e. The van der Waals surface area contributed by atoms with Crippen LogP contribution in [-0.2, 0) is 17.9 Å². The zero-order chi connectivity index (χ0) is 20.0. The Morgan fingerprint density at radius 3 is 2.14 bits per heavy atom. The maximum atomic E-state index is 12.2. The SMILES string of the molecule is CC(C)(C)OC(=O)N1CCN(Cc2ccc(OCc3ccccc3)cc2)CC1. The Kier molecular flexibility index (Phi) is 6.57. The highest BCUT2D eigenvalue weighted by Crippen LogP contribution is 2.17. The molecule has 5 heteroatoms. The molecular formula is C23H30N2O3. The van der Waals surface area contributed by atoms with Gasteiger partial charge >= 0.3 is 6.09 Å². The fraction of sp³-hybridized carbons (Fsp3) is 0.435. The van der Waals surface area contributed by atoms with Crippen LogP contribution in [0.5, 0.6) is 5.75 Å². The van der Waals surface area contributed by atoms with Crippen molar-refractivity contribution in [2.75, 3.05) is 26.2 Å². The van der Waals surface area contributed by atoms with Gasteiger partial charge in [-0.25, -0.2) is 4.79 Å². The first-order chi connectivity index (χ1) is 13.4. The highest BCUT2D eigenvalue weighted by molar-refractivity contribution is 5.68. The van der Waals surface area contributed by atoms with Crippen LogP contribution >= 0.6 is 0 Å². The van der Waals surface area contributed by atoms with E-state index in [0.29, 0.717) is 19.7 Å². The lowest BCUT2D eigenvalue weighted by Crippen LogP contribution is -2.49. The Bertz CT molecular complexity index is 746. The molecular weight excluding hydrogens is 352 g/mol. The lowest BCUT2D eigenvalue weighted by atomic mass is 10.2. The second kappa shape index (κ2) is 9.11. The Balaban J connectivity index is 1.43. The molecule has 0 bridgehead atoms. The highest BCUT2D eigenvalue weighted by atomic mass is 16.6. The summed E-state index contributed by atoms with van der Waals surface area (Å²) in [4.78, 5) is 16.3. The number of nitrogens with zero attached hydrogens (tertiary/aromatic N) is 2. The third kappa shape index (κ3) is 6.27. The number of piperazine rings is 1. The number of hydrogen-bond donors (Lipinski definition) is 0. The summed E-state index contributed by atoms with van der Waals surface area (Å²) < 4.78 is 11.3. The molecule has 0 saturated carbocycles. The molecule has 1 aliphatic heterocycles. The first kappa shape index (κ1) is 20.2. The normalized spacial score (nSPS) is 15.3. The molecule has 1 amide bonds. The van der Waals surface area contributed by atoms with E-state index in [1.54, 1.807) is 4.90 Å². The van der Waals surface area contributed by atoms with Crippen molar-refractivity contribution in [3.8, 4) is 5.75 Å². The molecule has 1 fully saturated rings. The van der Waals surface area contributed by atoms with Crippen LogP contribution < -0.4 is 4.74 Å². The van der Waals surface area contributed by atoms with Gasteiger partial charge in [0.25, 0.3) is 0 Å². The minimum absolute atomic E-state index is 0.216. The van der Waals surface area contributed by atoms with Crippen LogP contribution in [0.3, 0.4) is 0 Å². The molecule has 0 atom stereocenters. The predicted molar refractivity (Wildman–Crippen MR) is 110 cm³/mol. The van der Waals surface area contributed by atoms with Crippen LogP contribution in [0.2, 0.25) is 0 Å². The average Bonchev–Trinajstić information content (AvgIpc) is 2.67. The van der Waals surface area contributed by atoms with Crippen molar-refractivity contribution in [3.63, 3.8) is 0 Å². The number of rotatable bonds is 5. The van der Waals surface area contributed by atoms with Gasteiger partial charge < -0.3 is 14.4 Å². The van der Waals surface area contributed by atoms with Crippen molar-refractivity contribution in [2.45, 2.75) is 39.5 Å². The fourth-order valence-electron chi connectivity index (χ4n) is 3.11. The molecule has 0 aromatic heterocycles. The third-order valence-electron chi connectivity index (χ3n) is 4.60. The molecule has 0 spiro atoms. The van der Waals surface area contributed by atoms with Crippen molar-refractivity contribution in [2.24, 2.45) is 0 Å². The summed E-state index contributed by atoms with van der Waals surface area (Å²) in [6.07, 6.45) is -0.216. The fourth-order valence-corrected chi connectivity index (χ4v) is 3.11. The summed E-state index contributed by atoms with van der Waals surface area (Å²) in [5.74, 6) is 0.877. The molecule has 150 valence electrons. The van der Waals surface area contributed by atoms with Crippen molar-refractivity contribution >= 4 is 6.09 Å². The highest BCUT2D eigenvalue weighted by Gasteiger charge is 2.25. The van der Waals surface area contributed by atoms with Gasteiger partial charge in [0.2, 0.25) is 0 Å². The van der Waals surface area contributed by atoms with E-state index in [9.17, 15) is 4.79 Å². The standard InChI is InChI=1S/C23H30N2O3/c1-23(2,3)28-22(26)25-15-13-24(14-16-25)17-19-9-11-21(12-10-19)27-18-20-7-5-4-6-8-20/h4-12H,13-18H2,1-3H3. The Labute approximate surface area is 167 Å². The van der Waals surface area contributed by atoms with Gasteiger partial charge in [0.15, 0.2) is 0 Å². The molecule has 1 heterocycles. The monoisotopic (exact) mass is 382 g/mol. The number of ether oxygens (including phenoxy) is 2. The Hall–Kier alpha value is -2.53. The number of carbonyl (C=O) groups excluding carboxylic acids is 1. The van der Waals surface area contributed by atoms with E-state index >= 15 is 0 Å². The minimum Gasteiger partial charge on any atom is -0.489 e. The maximum absolute atomic E-state index is 12.2. The van der Waals surface area contributed by atoms with E-state index in [-0.39, 0.29) is 6.09 Å². The van der Waals surface area contributed by atoms with Gasteiger partial charge in [-0.1, -0.05) is 42.5 Å². The largest absolute Gasteiger partial charge is 0.489 e. The van der Waals surface area contributed by atoms with Gasteiger partial charge in [-0.2, -0.15) is 0 Å². The predicted octanol–water partition coefficient (Wildman–Crippen LogP) is 4.32. The molecule has 5 nitrogen and oxygen atoms in total. The van der Waals surface area contributed by atoms with Crippen LogP contribution in [0, 0.1) is 0 Å². The van der Waals surface area contributed by atoms with Crippen molar-refractivity contribution in [1.82, 2.24) is 9.80 Å². The van der Waals surface area contributed by atoms with Gasteiger partial charge in [0.05, 0.1) is 0 Å². The van der Waals surface area contributed by atoms with Crippen LogP contribution in [-0.4, -0.2) is 47.7 Å².